The molecular weight excluding hydrogens is 218 g/mol. The number of amides is 1. The number of ether oxygens (including phenoxy) is 1. The molecule has 3 N–H and O–H groups in total. The summed E-state index contributed by atoms with van der Waals surface area (Å²) in [5.41, 5.74) is 5.90. The van der Waals surface area contributed by atoms with Crippen molar-refractivity contribution in [2.75, 3.05) is 20.2 Å². The normalized spacial score (nSPS) is 11.9. The highest BCUT2D eigenvalue weighted by atomic mass is 16.5. The number of pyridine rings is 1. The van der Waals surface area contributed by atoms with Crippen molar-refractivity contribution in [1.29, 1.82) is 0 Å². The van der Waals surface area contributed by atoms with Crippen LogP contribution in [0.5, 0.6) is 5.88 Å². The Morgan fingerprint density at radius 3 is 3.06 bits per heavy atom. The summed E-state index contributed by atoms with van der Waals surface area (Å²) >= 11 is 0. The second kappa shape index (κ2) is 6.85. The lowest BCUT2D eigenvalue weighted by Crippen LogP contribution is -2.29. The molecule has 0 spiro atoms. The van der Waals surface area contributed by atoms with E-state index in [1.165, 1.54) is 7.11 Å². The van der Waals surface area contributed by atoms with E-state index < -0.39 is 0 Å². The van der Waals surface area contributed by atoms with Gasteiger partial charge in [0.25, 0.3) is 5.91 Å². The lowest BCUT2D eigenvalue weighted by molar-refractivity contribution is 0.0944. The number of nitrogens with zero attached hydrogens (tertiary/aromatic N) is 1. The minimum absolute atomic E-state index is 0.168. The lowest BCUT2D eigenvalue weighted by Gasteiger charge is -2.12. The van der Waals surface area contributed by atoms with Crippen LogP contribution in [-0.4, -0.2) is 31.1 Å². The van der Waals surface area contributed by atoms with Crippen LogP contribution in [-0.2, 0) is 0 Å². The first-order valence-corrected chi connectivity index (χ1v) is 5.66. The Morgan fingerprint density at radius 2 is 2.41 bits per heavy atom. The van der Waals surface area contributed by atoms with Crippen molar-refractivity contribution in [2.24, 2.45) is 11.7 Å². The molecule has 1 aromatic heterocycles. The van der Waals surface area contributed by atoms with Gasteiger partial charge in [-0.3, -0.25) is 4.79 Å². The molecule has 0 saturated heterocycles. The van der Waals surface area contributed by atoms with Crippen molar-refractivity contribution in [3.8, 4) is 5.88 Å². The van der Waals surface area contributed by atoms with Gasteiger partial charge < -0.3 is 15.8 Å². The van der Waals surface area contributed by atoms with Crippen LogP contribution in [0, 0.1) is 5.92 Å². The molecule has 1 rings (SSSR count). The Bertz CT molecular complexity index is 369. The van der Waals surface area contributed by atoms with Gasteiger partial charge in [-0.15, -0.1) is 0 Å². The summed E-state index contributed by atoms with van der Waals surface area (Å²) in [6, 6.07) is 3.40. The summed E-state index contributed by atoms with van der Waals surface area (Å²) in [5.74, 6) is 0.543. The van der Waals surface area contributed by atoms with E-state index in [0.717, 1.165) is 6.42 Å². The first kappa shape index (κ1) is 13.4. The second-order valence-electron chi connectivity index (χ2n) is 3.95. The zero-order chi connectivity index (χ0) is 12.7. The molecule has 0 fully saturated rings. The van der Waals surface area contributed by atoms with Crippen molar-refractivity contribution in [3.63, 3.8) is 0 Å². The highest BCUT2D eigenvalue weighted by Crippen LogP contribution is 2.13. The van der Waals surface area contributed by atoms with Gasteiger partial charge in [0.05, 0.1) is 7.11 Å². The number of hydrogen-bond donors (Lipinski definition) is 2. The molecule has 1 aromatic rings. The monoisotopic (exact) mass is 237 g/mol. The number of hydrogen-bond acceptors (Lipinski definition) is 4. The number of carbonyl (C=O) groups is 1. The van der Waals surface area contributed by atoms with E-state index in [-0.39, 0.29) is 5.91 Å². The molecule has 0 aliphatic heterocycles. The van der Waals surface area contributed by atoms with E-state index in [9.17, 15) is 4.79 Å². The molecule has 0 bridgehead atoms. The first-order valence-electron chi connectivity index (χ1n) is 5.66. The molecule has 17 heavy (non-hydrogen) atoms. The Hall–Kier alpha value is -1.62. The van der Waals surface area contributed by atoms with Gasteiger partial charge in [-0.05, 0) is 31.0 Å². The first-order chi connectivity index (χ1) is 8.19. The van der Waals surface area contributed by atoms with Crippen LogP contribution >= 0.6 is 0 Å². The maximum atomic E-state index is 11.9. The summed E-state index contributed by atoms with van der Waals surface area (Å²) in [7, 11) is 1.50. The molecule has 0 aliphatic carbocycles. The Kier molecular flexibility index (Phi) is 5.42. The maximum Gasteiger partial charge on any atom is 0.256 e. The van der Waals surface area contributed by atoms with Crippen LogP contribution in [0.15, 0.2) is 18.3 Å². The second-order valence-corrected chi connectivity index (χ2v) is 3.95. The van der Waals surface area contributed by atoms with Crippen molar-refractivity contribution >= 4 is 5.91 Å². The van der Waals surface area contributed by atoms with Crippen molar-refractivity contribution in [1.82, 2.24) is 10.3 Å². The summed E-state index contributed by atoms with van der Waals surface area (Å²) in [4.78, 5) is 15.8. The number of methoxy groups -OCH3 is 1. The molecule has 94 valence electrons. The highest BCUT2D eigenvalue weighted by molar-refractivity contribution is 5.96. The average molecular weight is 237 g/mol. The Labute approximate surface area is 101 Å². The number of rotatable bonds is 6. The summed E-state index contributed by atoms with van der Waals surface area (Å²) in [6.45, 7) is 3.29. The van der Waals surface area contributed by atoms with Gasteiger partial charge in [0, 0.05) is 12.7 Å². The van der Waals surface area contributed by atoms with Crippen LogP contribution in [0.25, 0.3) is 0 Å². The minimum atomic E-state index is -0.168. The molecular formula is C12H19N3O2. The number of nitrogens with two attached hydrogens (primary N) is 1. The fourth-order valence-electron chi connectivity index (χ4n) is 1.48. The molecule has 0 aromatic carbocycles. The standard InChI is InChI=1S/C12H19N3O2/c1-9(5-6-13)8-15-11(16)10-4-3-7-14-12(10)17-2/h3-4,7,9H,5-6,8,13H2,1-2H3,(H,15,16). The van der Waals surface area contributed by atoms with Gasteiger partial charge >= 0.3 is 0 Å². The van der Waals surface area contributed by atoms with E-state index in [1.54, 1.807) is 18.3 Å². The summed E-state index contributed by atoms with van der Waals surface area (Å²) < 4.78 is 5.03. The van der Waals surface area contributed by atoms with Crippen molar-refractivity contribution in [3.05, 3.63) is 23.9 Å². The van der Waals surface area contributed by atoms with Crippen LogP contribution < -0.4 is 15.8 Å². The molecule has 0 saturated carbocycles. The van der Waals surface area contributed by atoms with Crippen molar-refractivity contribution < 1.29 is 9.53 Å². The summed E-state index contributed by atoms with van der Waals surface area (Å²) in [5, 5.41) is 2.84. The van der Waals surface area contributed by atoms with Crippen molar-refractivity contribution in [2.45, 2.75) is 13.3 Å². The predicted octanol–water partition coefficient (Wildman–Crippen LogP) is 0.805. The Balaban J connectivity index is 2.58. The topological polar surface area (TPSA) is 77.2 Å². The van der Waals surface area contributed by atoms with E-state index >= 15 is 0 Å². The zero-order valence-electron chi connectivity index (χ0n) is 10.3. The average Bonchev–Trinajstić information content (AvgIpc) is 2.36. The molecule has 5 heteroatoms. The third-order valence-electron chi connectivity index (χ3n) is 2.48. The largest absolute Gasteiger partial charge is 0.480 e. The molecule has 1 amide bonds. The van der Waals surface area contributed by atoms with Crippen LogP contribution in [0.1, 0.15) is 23.7 Å². The van der Waals surface area contributed by atoms with E-state index in [4.69, 9.17) is 10.5 Å². The molecule has 1 heterocycles. The molecule has 0 aliphatic rings. The Morgan fingerprint density at radius 1 is 1.65 bits per heavy atom. The summed E-state index contributed by atoms with van der Waals surface area (Å²) in [6.07, 6.45) is 2.48. The molecule has 1 atom stereocenters. The lowest BCUT2D eigenvalue weighted by atomic mass is 10.1. The van der Waals surface area contributed by atoms with E-state index in [0.29, 0.717) is 30.5 Å². The van der Waals surface area contributed by atoms with E-state index in [1.807, 2.05) is 6.92 Å². The van der Waals surface area contributed by atoms with Gasteiger partial charge in [-0.25, -0.2) is 4.98 Å². The van der Waals surface area contributed by atoms with Gasteiger partial charge in [0.15, 0.2) is 0 Å². The third-order valence-corrected chi connectivity index (χ3v) is 2.48. The van der Waals surface area contributed by atoms with Gasteiger partial charge in [-0.1, -0.05) is 6.92 Å². The fraction of sp³-hybridized carbons (Fsp3) is 0.500. The number of aromatic nitrogens is 1. The zero-order valence-corrected chi connectivity index (χ0v) is 10.3. The molecule has 0 radical (unpaired) electrons. The molecule has 5 nitrogen and oxygen atoms in total. The number of carbonyl (C=O) groups excluding carboxylic acids is 1. The fourth-order valence-corrected chi connectivity index (χ4v) is 1.48. The van der Waals surface area contributed by atoms with Crippen LogP contribution in [0.4, 0.5) is 0 Å². The third kappa shape index (κ3) is 4.03. The predicted molar refractivity (Wildman–Crippen MR) is 66.0 cm³/mol. The maximum absolute atomic E-state index is 11.9. The van der Waals surface area contributed by atoms with Gasteiger partial charge in [-0.2, -0.15) is 0 Å². The SMILES string of the molecule is COc1ncccc1C(=O)NCC(C)CCN. The quantitative estimate of drug-likeness (QED) is 0.767. The molecule has 1 unspecified atom stereocenters. The van der Waals surface area contributed by atoms with Crippen LogP contribution in [0.3, 0.4) is 0 Å². The highest BCUT2D eigenvalue weighted by Gasteiger charge is 2.13. The smallest absolute Gasteiger partial charge is 0.256 e. The van der Waals surface area contributed by atoms with Gasteiger partial charge in [0.2, 0.25) is 5.88 Å². The number of nitrogens with one attached hydrogen (secondary N) is 1. The van der Waals surface area contributed by atoms with Gasteiger partial charge in [0.1, 0.15) is 5.56 Å². The minimum Gasteiger partial charge on any atom is -0.480 e. The van der Waals surface area contributed by atoms with Crippen LogP contribution in [0.2, 0.25) is 0 Å². The van der Waals surface area contributed by atoms with E-state index in [2.05, 4.69) is 10.3 Å².